The van der Waals surface area contributed by atoms with Crippen LogP contribution < -0.4 is 5.73 Å². The number of amides is 1. The number of piperazine rings is 1. The van der Waals surface area contributed by atoms with Gasteiger partial charge in [-0.25, -0.2) is 9.59 Å². The van der Waals surface area contributed by atoms with Crippen molar-refractivity contribution in [3.05, 3.63) is 41.6 Å². The Labute approximate surface area is 154 Å². The molecule has 0 saturated carbocycles. The van der Waals surface area contributed by atoms with E-state index in [0.29, 0.717) is 13.2 Å². The SMILES string of the molecule is C[C@H](N)[C@H]1C(=C=O)N(C(=O)OC(C)(C)C)CCN1OCc1ccccc1. The van der Waals surface area contributed by atoms with Crippen LogP contribution in [0.25, 0.3) is 0 Å². The van der Waals surface area contributed by atoms with Crippen LogP contribution in [-0.2, 0) is 21.0 Å². The maximum Gasteiger partial charge on any atom is 0.415 e. The van der Waals surface area contributed by atoms with Gasteiger partial charge in [-0.3, -0.25) is 9.74 Å². The number of nitrogens with zero attached hydrogens (tertiary/aromatic N) is 2. The monoisotopic (exact) mass is 361 g/mol. The lowest BCUT2D eigenvalue weighted by molar-refractivity contribution is -0.205. The Morgan fingerprint density at radius 1 is 1.31 bits per heavy atom. The number of rotatable bonds is 4. The predicted molar refractivity (Wildman–Crippen MR) is 97.5 cm³/mol. The highest BCUT2D eigenvalue weighted by Gasteiger charge is 2.40. The van der Waals surface area contributed by atoms with Crippen molar-refractivity contribution in [3.8, 4) is 0 Å². The molecule has 1 fully saturated rings. The van der Waals surface area contributed by atoms with E-state index in [4.69, 9.17) is 15.3 Å². The zero-order valence-electron chi connectivity index (χ0n) is 15.8. The van der Waals surface area contributed by atoms with Gasteiger partial charge >= 0.3 is 6.09 Å². The highest BCUT2D eigenvalue weighted by molar-refractivity contribution is 5.75. The summed E-state index contributed by atoms with van der Waals surface area (Å²) in [5, 5.41) is 1.65. The molecule has 0 aliphatic carbocycles. The maximum absolute atomic E-state index is 12.4. The average molecular weight is 361 g/mol. The van der Waals surface area contributed by atoms with Crippen LogP contribution in [0.4, 0.5) is 4.79 Å². The summed E-state index contributed by atoms with van der Waals surface area (Å²) in [5.74, 6) is 1.87. The first kappa shape index (κ1) is 20.1. The minimum Gasteiger partial charge on any atom is -0.443 e. The molecule has 0 unspecified atom stereocenters. The molecule has 1 aromatic carbocycles. The molecule has 0 bridgehead atoms. The third kappa shape index (κ3) is 5.16. The molecule has 0 spiro atoms. The van der Waals surface area contributed by atoms with Crippen LogP contribution in [0.5, 0.6) is 0 Å². The van der Waals surface area contributed by atoms with Gasteiger partial charge in [0, 0.05) is 19.1 Å². The molecule has 7 nitrogen and oxygen atoms in total. The van der Waals surface area contributed by atoms with Gasteiger partial charge in [0.1, 0.15) is 23.3 Å². The molecule has 1 heterocycles. The summed E-state index contributed by atoms with van der Waals surface area (Å²) >= 11 is 0. The summed E-state index contributed by atoms with van der Waals surface area (Å²) < 4.78 is 5.39. The molecule has 7 heteroatoms. The topological polar surface area (TPSA) is 85.1 Å². The van der Waals surface area contributed by atoms with Crippen molar-refractivity contribution in [2.45, 2.75) is 52.0 Å². The molecule has 1 aliphatic rings. The number of carbonyl (C=O) groups is 1. The standard InChI is InChI=1S/C19H27N3O4/c1-14(20)17-16(12-23)21(18(24)26-19(2,3)4)10-11-22(17)25-13-15-8-6-5-7-9-15/h5-9,14,17H,10-11,13,20H2,1-4H3/t14-,17-/m0/s1. The molecule has 1 saturated heterocycles. The molecule has 1 amide bonds. The van der Waals surface area contributed by atoms with Crippen molar-refractivity contribution < 1.29 is 19.2 Å². The fourth-order valence-electron chi connectivity index (χ4n) is 2.76. The number of ether oxygens (including phenoxy) is 1. The van der Waals surface area contributed by atoms with Crippen LogP contribution in [-0.4, -0.2) is 52.8 Å². The Bertz CT molecular complexity index is 663. The highest BCUT2D eigenvalue weighted by atomic mass is 16.7. The van der Waals surface area contributed by atoms with E-state index in [2.05, 4.69) is 0 Å². The van der Waals surface area contributed by atoms with Gasteiger partial charge in [0.25, 0.3) is 0 Å². The Kier molecular flexibility index (Phi) is 6.56. The van der Waals surface area contributed by atoms with E-state index in [1.54, 1.807) is 32.8 Å². The lowest BCUT2D eigenvalue weighted by atomic mass is 10.0. The number of carbonyl (C=O) groups excluding carboxylic acids is 2. The third-order valence-electron chi connectivity index (χ3n) is 3.88. The number of hydrogen-bond acceptors (Lipinski definition) is 6. The third-order valence-corrected chi connectivity index (χ3v) is 3.88. The maximum atomic E-state index is 12.4. The van der Waals surface area contributed by atoms with E-state index >= 15 is 0 Å². The second-order valence-corrected chi connectivity index (χ2v) is 7.32. The fraction of sp³-hybridized carbons (Fsp3) is 0.526. The zero-order chi connectivity index (χ0) is 19.3. The average Bonchev–Trinajstić information content (AvgIpc) is 2.58. The van der Waals surface area contributed by atoms with E-state index in [0.717, 1.165) is 5.56 Å². The molecule has 0 aromatic heterocycles. The largest absolute Gasteiger partial charge is 0.443 e. The molecule has 2 N–H and O–H groups in total. The van der Waals surface area contributed by atoms with Crippen molar-refractivity contribution in [1.82, 2.24) is 9.96 Å². The van der Waals surface area contributed by atoms with Gasteiger partial charge in [0.2, 0.25) is 0 Å². The summed E-state index contributed by atoms with van der Waals surface area (Å²) in [7, 11) is 0. The first-order valence-electron chi connectivity index (χ1n) is 8.67. The Hall–Kier alpha value is -2.18. The van der Waals surface area contributed by atoms with Crippen molar-refractivity contribution in [2.75, 3.05) is 13.1 Å². The summed E-state index contributed by atoms with van der Waals surface area (Å²) in [6.45, 7) is 8.11. The van der Waals surface area contributed by atoms with Crippen molar-refractivity contribution in [3.63, 3.8) is 0 Å². The van der Waals surface area contributed by atoms with Crippen LogP contribution in [0.2, 0.25) is 0 Å². The number of benzene rings is 1. The zero-order valence-corrected chi connectivity index (χ0v) is 15.8. The second-order valence-electron chi connectivity index (χ2n) is 7.32. The molecular formula is C19H27N3O4. The van der Waals surface area contributed by atoms with Gasteiger partial charge < -0.3 is 10.5 Å². The number of nitrogens with two attached hydrogens (primary N) is 1. The minimum absolute atomic E-state index is 0.133. The fourth-order valence-corrected chi connectivity index (χ4v) is 2.76. The summed E-state index contributed by atoms with van der Waals surface area (Å²) in [5.41, 5.74) is 6.56. The van der Waals surface area contributed by atoms with Crippen LogP contribution in [0.3, 0.4) is 0 Å². The molecule has 142 valence electrons. The molecule has 0 radical (unpaired) electrons. The number of hydrogen-bond donors (Lipinski definition) is 1. The summed E-state index contributed by atoms with van der Waals surface area (Å²) in [4.78, 5) is 31.2. The molecule has 2 rings (SSSR count). The van der Waals surface area contributed by atoms with Crippen LogP contribution in [0, 0.1) is 0 Å². The molecular weight excluding hydrogens is 334 g/mol. The van der Waals surface area contributed by atoms with Crippen molar-refractivity contribution >= 4 is 12.0 Å². The van der Waals surface area contributed by atoms with Crippen LogP contribution in [0.15, 0.2) is 36.0 Å². The Morgan fingerprint density at radius 2 is 1.96 bits per heavy atom. The summed E-state index contributed by atoms with van der Waals surface area (Å²) in [6.07, 6.45) is -0.579. The van der Waals surface area contributed by atoms with Crippen LogP contribution >= 0.6 is 0 Å². The van der Waals surface area contributed by atoms with E-state index < -0.39 is 23.8 Å². The van der Waals surface area contributed by atoms with Gasteiger partial charge in [0.05, 0.1) is 6.61 Å². The van der Waals surface area contributed by atoms with E-state index in [1.807, 2.05) is 36.3 Å². The van der Waals surface area contributed by atoms with E-state index in [9.17, 15) is 9.59 Å². The molecule has 1 aromatic rings. The first-order valence-corrected chi connectivity index (χ1v) is 8.67. The van der Waals surface area contributed by atoms with Crippen LogP contribution in [0.1, 0.15) is 33.3 Å². The minimum atomic E-state index is -0.657. The molecule has 26 heavy (non-hydrogen) atoms. The first-order chi connectivity index (χ1) is 12.2. The molecule has 1 aliphatic heterocycles. The van der Waals surface area contributed by atoms with Crippen molar-refractivity contribution in [2.24, 2.45) is 5.73 Å². The highest BCUT2D eigenvalue weighted by Crippen LogP contribution is 2.24. The lowest BCUT2D eigenvalue weighted by Crippen LogP contribution is -2.59. The smallest absolute Gasteiger partial charge is 0.415 e. The quantitative estimate of drug-likeness (QED) is 0.827. The normalized spacial score (nSPS) is 19.8. The molecule has 2 atom stereocenters. The predicted octanol–water partition coefficient (Wildman–Crippen LogP) is 2.10. The Morgan fingerprint density at radius 3 is 2.50 bits per heavy atom. The second kappa shape index (κ2) is 8.47. The van der Waals surface area contributed by atoms with Gasteiger partial charge in [-0.05, 0) is 33.3 Å². The van der Waals surface area contributed by atoms with Gasteiger partial charge in [0.15, 0.2) is 0 Å². The van der Waals surface area contributed by atoms with E-state index in [-0.39, 0.29) is 12.2 Å². The van der Waals surface area contributed by atoms with Crippen molar-refractivity contribution in [1.29, 1.82) is 0 Å². The van der Waals surface area contributed by atoms with Gasteiger partial charge in [-0.1, -0.05) is 30.3 Å². The van der Waals surface area contributed by atoms with Gasteiger partial charge in [-0.2, -0.15) is 5.06 Å². The summed E-state index contributed by atoms with van der Waals surface area (Å²) in [6, 6.07) is 8.67. The van der Waals surface area contributed by atoms with Gasteiger partial charge in [-0.15, -0.1) is 0 Å². The number of hydroxylamine groups is 2. The Balaban J connectivity index is 2.14. The van der Waals surface area contributed by atoms with E-state index in [1.165, 1.54) is 4.90 Å². The lowest BCUT2D eigenvalue weighted by Gasteiger charge is -2.42.